The summed E-state index contributed by atoms with van der Waals surface area (Å²) in [7, 11) is 1.49. The van der Waals surface area contributed by atoms with E-state index in [1.54, 1.807) is 39.6 Å². The fourth-order valence-electron chi connectivity index (χ4n) is 2.18. The molecule has 122 valence electrons. The van der Waals surface area contributed by atoms with Crippen LogP contribution in [0.25, 0.3) is 0 Å². The summed E-state index contributed by atoms with van der Waals surface area (Å²) in [6.45, 7) is 0.767. The van der Waals surface area contributed by atoms with Gasteiger partial charge in [0.25, 0.3) is 5.91 Å². The number of carbonyl (C=O) groups is 1. The van der Waals surface area contributed by atoms with E-state index in [9.17, 15) is 4.79 Å². The molecule has 0 N–H and O–H groups in total. The summed E-state index contributed by atoms with van der Waals surface area (Å²) in [6, 6.07) is 7.11. The van der Waals surface area contributed by atoms with Crippen LogP contribution in [0, 0.1) is 0 Å². The fraction of sp³-hybridized carbons (Fsp3) is 0.357. The number of nitrogens with zero attached hydrogens (tertiary/aromatic N) is 4. The van der Waals surface area contributed by atoms with Crippen LogP contribution in [-0.2, 0) is 16.1 Å². The highest BCUT2D eigenvalue weighted by Gasteiger charge is 2.27. The van der Waals surface area contributed by atoms with Gasteiger partial charge in [-0.25, -0.2) is 9.69 Å². The number of methoxy groups -OCH3 is 1. The van der Waals surface area contributed by atoms with E-state index < -0.39 is 0 Å². The number of halogens is 1. The molecule has 23 heavy (non-hydrogen) atoms. The Labute approximate surface area is 142 Å². The van der Waals surface area contributed by atoms with Crippen molar-refractivity contribution in [1.82, 2.24) is 14.9 Å². The highest BCUT2D eigenvalue weighted by Crippen LogP contribution is 2.24. The van der Waals surface area contributed by atoms with Crippen LogP contribution in [0.15, 0.2) is 29.4 Å². The van der Waals surface area contributed by atoms with Crippen LogP contribution in [0.4, 0.5) is 0 Å². The summed E-state index contributed by atoms with van der Waals surface area (Å²) in [5.41, 5.74) is 0. The zero-order valence-electron chi connectivity index (χ0n) is 12.4. The van der Waals surface area contributed by atoms with Crippen LogP contribution in [-0.4, -0.2) is 46.8 Å². The molecule has 0 saturated heterocycles. The van der Waals surface area contributed by atoms with Gasteiger partial charge in [0.15, 0.2) is 5.82 Å². The smallest absolute Gasteiger partial charge is 0.267 e. The minimum Gasteiger partial charge on any atom is -0.485 e. The Morgan fingerprint density at radius 2 is 2.30 bits per heavy atom. The van der Waals surface area contributed by atoms with Crippen LogP contribution in [0.1, 0.15) is 5.82 Å². The maximum Gasteiger partial charge on any atom is 0.267 e. The van der Waals surface area contributed by atoms with Crippen molar-refractivity contribution in [3.63, 3.8) is 0 Å². The molecule has 2 aromatic rings. The van der Waals surface area contributed by atoms with Crippen LogP contribution in [0.3, 0.4) is 0 Å². The van der Waals surface area contributed by atoms with Crippen molar-refractivity contribution in [3.05, 3.63) is 35.1 Å². The standard InChI is InChI=1S/C14H15ClN4O3S/c1-21-9-13(20)18-5-6-23-14-17-16-12(19(14)18)8-22-11-4-2-3-10(15)7-11/h2-4,7H,5-6,8-9H2,1H3. The minimum atomic E-state index is -0.141. The largest absolute Gasteiger partial charge is 0.485 e. The molecule has 0 bridgehead atoms. The number of hydrogen-bond acceptors (Lipinski definition) is 6. The van der Waals surface area contributed by atoms with E-state index in [2.05, 4.69) is 10.2 Å². The van der Waals surface area contributed by atoms with Gasteiger partial charge in [0.05, 0.1) is 6.54 Å². The molecule has 3 rings (SSSR count). The second kappa shape index (κ2) is 7.20. The molecule has 9 heteroatoms. The summed E-state index contributed by atoms with van der Waals surface area (Å²) >= 11 is 7.49. The number of aromatic nitrogens is 3. The number of thioether (sulfide) groups is 1. The molecule has 7 nitrogen and oxygen atoms in total. The van der Waals surface area contributed by atoms with E-state index >= 15 is 0 Å². The summed E-state index contributed by atoms with van der Waals surface area (Å²) in [4.78, 5) is 12.2. The van der Waals surface area contributed by atoms with Crippen molar-refractivity contribution in [2.75, 3.05) is 31.0 Å². The first kappa shape index (κ1) is 16.1. The first-order valence-electron chi connectivity index (χ1n) is 6.94. The van der Waals surface area contributed by atoms with Gasteiger partial charge in [0.1, 0.15) is 19.0 Å². The van der Waals surface area contributed by atoms with Crippen molar-refractivity contribution in [3.8, 4) is 5.75 Å². The molecular formula is C14H15ClN4O3S. The Kier molecular flexibility index (Phi) is 5.04. The monoisotopic (exact) mass is 354 g/mol. The maximum absolute atomic E-state index is 12.2. The molecule has 1 aromatic carbocycles. The van der Waals surface area contributed by atoms with Crippen LogP contribution in [0.5, 0.6) is 5.75 Å². The molecule has 0 atom stereocenters. The number of rotatable bonds is 5. The lowest BCUT2D eigenvalue weighted by atomic mass is 10.3. The molecule has 0 aliphatic carbocycles. The first-order valence-corrected chi connectivity index (χ1v) is 8.30. The zero-order chi connectivity index (χ0) is 16.2. The molecule has 1 aliphatic heterocycles. The third-order valence-electron chi connectivity index (χ3n) is 3.17. The van der Waals surface area contributed by atoms with Gasteiger partial charge in [0, 0.05) is 17.9 Å². The van der Waals surface area contributed by atoms with E-state index in [-0.39, 0.29) is 19.1 Å². The predicted molar refractivity (Wildman–Crippen MR) is 86.5 cm³/mol. The van der Waals surface area contributed by atoms with Gasteiger partial charge in [-0.05, 0) is 18.2 Å². The van der Waals surface area contributed by atoms with E-state index in [0.717, 1.165) is 5.75 Å². The van der Waals surface area contributed by atoms with Gasteiger partial charge in [-0.2, -0.15) is 0 Å². The maximum atomic E-state index is 12.2. The van der Waals surface area contributed by atoms with Crippen molar-refractivity contribution in [2.24, 2.45) is 0 Å². The number of fused-ring (bicyclic) bond motifs is 1. The molecule has 0 unspecified atom stereocenters. The summed E-state index contributed by atoms with van der Waals surface area (Å²) in [6.07, 6.45) is 0. The number of carbonyl (C=O) groups excluding carboxylic acids is 1. The minimum absolute atomic E-state index is 0.0108. The molecule has 1 amide bonds. The van der Waals surface area contributed by atoms with Crippen LogP contribution < -0.4 is 9.75 Å². The summed E-state index contributed by atoms with van der Waals surface area (Å²) < 4.78 is 12.3. The lowest BCUT2D eigenvalue weighted by Gasteiger charge is -2.28. The molecule has 1 aromatic heterocycles. The van der Waals surface area contributed by atoms with Crippen molar-refractivity contribution >= 4 is 29.3 Å². The summed E-state index contributed by atoms with van der Waals surface area (Å²) in [5.74, 6) is 1.81. The van der Waals surface area contributed by atoms with E-state index in [1.165, 1.54) is 7.11 Å². The van der Waals surface area contributed by atoms with Crippen molar-refractivity contribution < 1.29 is 14.3 Å². The fourth-order valence-corrected chi connectivity index (χ4v) is 3.23. The highest BCUT2D eigenvalue weighted by molar-refractivity contribution is 7.99. The zero-order valence-corrected chi connectivity index (χ0v) is 14.0. The van der Waals surface area contributed by atoms with Gasteiger partial charge in [-0.15, -0.1) is 10.2 Å². The predicted octanol–water partition coefficient (Wildman–Crippen LogP) is 1.73. The summed E-state index contributed by atoms with van der Waals surface area (Å²) in [5, 5.41) is 11.1. The molecule has 0 saturated carbocycles. The van der Waals surface area contributed by atoms with Gasteiger partial charge in [0.2, 0.25) is 5.16 Å². The molecule has 0 radical (unpaired) electrons. The Bertz CT molecular complexity index is 709. The number of hydrogen-bond donors (Lipinski definition) is 0. The van der Waals surface area contributed by atoms with Gasteiger partial charge < -0.3 is 9.47 Å². The number of amides is 1. The van der Waals surface area contributed by atoms with Gasteiger partial charge in [-0.1, -0.05) is 29.4 Å². The molecule has 2 heterocycles. The quantitative estimate of drug-likeness (QED) is 0.814. The van der Waals surface area contributed by atoms with Crippen molar-refractivity contribution in [2.45, 2.75) is 11.8 Å². The average molecular weight is 355 g/mol. The first-order chi connectivity index (χ1) is 11.2. The molecular weight excluding hydrogens is 340 g/mol. The van der Waals surface area contributed by atoms with E-state index in [1.807, 2.05) is 6.07 Å². The third kappa shape index (κ3) is 3.60. The Morgan fingerprint density at radius 1 is 1.43 bits per heavy atom. The second-order valence-electron chi connectivity index (χ2n) is 4.76. The molecule has 1 aliphatic rings. The normalized spacial score (nSPS) is 13.7. The number of benzene rings is 1. The Morgan fingerprint density at radius 3 is 3.09 bits per heavy atom. The Hall–Kier alpha value is -1.77. The van der Waals surface area contributed by atoms with E-state index in [0.29, 0.717) is 28.3 Å². The molecule has 0 spiro atoms. The molecule has 0 fully saturated rings. The van der Waals surface area contributed by atoms with Crippen LogP contribution >= 0.6 is 23.4 Å². The lowest BCUT2D eigenvalue weighted by molar-refractivity contribution is -0.123. The van der Waals surface area contributed by atoms with Gasteiger partial charge in [-0.3, -0.25) is 4.79 Å². The van der Waals surface area contributed by atoms with Gasteiger partial charge >= 0.3 is 0 Å². The number of ether oxygens (including phenoxy) is 2. The highest BCUT2D eigenvalue weighted by atomic mass is 35.5. The lowest BCUT2D eigenvalue weighted by Crippen LogP contribution is -2.47. The SMILES string of the molecule is COCC(=O)N1CCSc2nnc(COc3cccc(Cl)c3)n21. The second-order valence-corrected chi connectivity index (χ2v) is 6.25. The van der Waals surface area contributed by atoms with Crippen molar-refractivity contribution in [1.29, 1.82) is 0 Å². The third-order valence-corrected chi connectivity index (χ3v) is 4.31. The average Bonchev–Trinajstić information content (AvgIpc) is 2.96. The topological polar surface area (TPSA) is 69.5 Å². The van der Waals surface area contributed by atoms with E-state index in [4.69, 9.17) is 21.1 Å². The van der Waals surface area contributed by atoms with Crippen LogP contribution in [0.2, 0.25) is 5.02 Å². The Balaban J connectivity index is 1.79.